The molecule has 0 bridgehead atoms. The van der Waals surface area contributed by atoms with Crippen molar-refractivity contribution in [1.82, 2.24) is 5.32 Å². The van der Waals surface area contributed by atoms with Gasteiger partial charge in [-0.2, -0.15) is 0 Å². The quantitative estimate of drug-likeness (QED) is 0.844. The molecule has 0 radical (unpaired) electrons. The second-order valence-corrected chi connectivity index (χ2v) is 4.37. The zero-order chi connectivity index (χ0) is 13.1. The van der Waals surface area contributed by atoms with E-state index in [4.69, 9.17) is 14.6 Å². The zero-order valence-corrected chi connectivity index (χ0v) is 10.4. The van der Waals surface area contributed by atoms with E-state index in [1.54, 1.807) is 7.11 Å². The summed E-state index contributed by atoms with van der Waals surface area (Å²) in [5.41, 5.74) is 1.01. The molecule has 1 aliphatic heterocycles. The second kappa shape index (κ2) is 5.37. The number of benzene rings is 1. The summed E-state index contributed by atoms with van der Waals surface area (Å²) in [6, 6.07) is 6.93. The number of carboxylic acid groups (broad SMARTS) is 1. The Kier molecular flexibility index (Phi) is 3.84. The molecule has 1 heterocycles. The third kappa shape index (κ3) is 2.63. The summed E-state index contributed by atoms with van der Waals surface area (Å²) in [6.45, 7) is 2.10. The molecule has 0 aliphatic carbocycles. The molecule has 2 rings (SSSR count). The Labute approximate surface area is 106 Å². The summed E-state index contributed by atoms with van der Waals surface area (Å²) in [5, 5.41) is 12.0. The van der Waals surface area contributed by atoms with Gasteiger partial charge in [-0.3, -0.25) is 10.1 Å². The van der Waals surface area contributed by atoms with E-state index < -0.39 is 12.0 Å². The number of hydrogen-bond donors (Lipinski definition) is 2. The van der Waals surface area contributed by atoms with Crippen LogP contribution >= 0.6 is 0 Å². The maximum atomic E-state index is 10.9. The van der Waals surface area contributed by atoms with Crippen molar-refractivity contribution in [2.75, 3.05) is 13.7 Å². The highest BCUT2D eigenvalue weighted by Crippen LogP contribution is 2.26. The molecule has 1 aromatic rings. The van der Waals surface area contributed by atoms with Crippen LogP contribution in [0.5, 0.6) is 5.75 Å². The van der Waals surface area contributed by atoms with E-state index >= 15 is 0 Å². The summed E-state index contributed by atoms with van der Waals surface area (Å²) in [5.74, 6) is -0.0892. The van der Waals surface area contributed by atoms with Gasteiger partial charge in [0.25, 0.3) is 0 Å². The van der Waals surface area contributed by atoms with Gasteiger partial charge in [0, 0.05) is 6.04 Å². The zero-order valence-electron chi connectivity index (χ0n) is 10.4. The Balaban J connectivity index is 2.07. The average molecular weight is 251 g/mol. The van der Waals surface area contributed by atoms with Crippen LogP contribution in [0.3, 0.4) is 0 Å². The lowest BCUT2D eigenvalue weighted by molar-refractivity contribution is -0.145. The van der Waals surface area contributed by atoms with Crippen molar-refractivity contribution in [3.63, 3.8) is 0 Å². The Morgan fingerprint density at radius 1 is 1.44 bits per heavy atom. The van der Waals surface area contributed by atoms with Gasteiger partial charge in [-0.15, -0.1) is 0 Å². The van der Waals surface area contributed by atoms with E-state index in [2.05, 4.69) is 5.32 Å². The Morgan fingerprint density at radius 3 is 2.61 bits per heavy atom. The maximum Gasteiger partial charge on any atom is 0.323 e. The molecule has 1 fully saturated rings. The highest BCUT2D eigenvalue weighted by Gasteiger charge is 2.32. The lowest BCUT2D eigenvalue weighted by atomic mass is 10.0. The van der Waals surface area contributed by atoms with E-state index in [1.165, 1.54) is 0 Å². The van der Waals surface area contributed by atoms with Crippen molar-refractivity contribution in [2.45, 2.75) is 25.1 Å². The fraction of sp³-hybridized carbons (Fsp3) is 0.462. The van der Waals surface area contributed by atoms with Gasteiger partial charge >= 0.3 is 5.97 Å². The molecule has 18 heavy (non-hydrogen) atoms. The molecule has 0 aromatic heterocycles. The van der Waals surface area contributed by atoms with Crippen molar-refractivity contribution in [3.8, 4) is 5.75 Å². The molecule has 0 saturated carbocycles. The molecule has 3 unspecified atom stereocenters. The Morgan fingerprint density at radius 2 is 2.11 bits per heavy atom. The first-order valence-corrected chi connectivity index (χ1v) is 5.86. The van der Waals surface area contributed by atoms with Crippen LogP contribution in [0, 0.1) is 0 Å². The van der Waals surface area contributed by atoms with Gasteiger partial charge in [0.1, 0.15) is 11.8 Å². The van der Waals surface area contributed by atoms with Crippen molar-refractivity contribution in [1.29, 1.82) is 0 Å². The number of aliphatic carboxylic acids is 1. The van der Waals surface area contributed by atoms with E-state index in [0.29, 0.717) is 0 Å². The van der Waals surface area contributed by atoms with Crippen LogP contribution in [0.1, 0.15) is 18.6 Å². The third-order valence-corrected chi connectivity index (χ3v) is 3.10. The number of rotatable bonds is 3. The maximum absolute atomic E-state index is 10.9. The lowest BCUT2D eigenvalue weighted by Gasteiger charge is -2.34. The fourth-order valence-corrected chi connectivity index (χ4v) is 2.12. The number of methoxy groups -OCH3 is 1. The first kappa shape index (κ1) is 12.9. The molecular weight excluding hydrogens is 234 g/mol. The number of morpholine rings is 1. The standard InChI is InChI=1S/C13H17NO4/c1-8-12(18-7-11(14-8)13(15)16)9-3-5-10(17-2)6-4-9/h3-6,8,11-12,14H,7H2,1-2H3,(H,15,16). The first-order chi connectivity index (χ1) is 8.61. The van der Waals surface area contributed by atoms with Crippen LogP contribution in [0.4, 0.5) is 0 Å². The molecule has 1 aliphatic rings. The van der Waals surface area contributed by atoms with E-state index in [1.807, 2.05) is 31.2 Å². The monoisotopic (exact) mass is 251 g/mol. The van der Waals surface area contributed by atoms with Crippen molar-refractivity contribution >= 4 is 5.97 Å². The third-order valence-electron chi connectivity index (χ3n) is 3.10. The van der Waals surface area contributed by atoms with Gasteiger partial charge in [0.2, 0.25) is 0 Å². The summed E-state index contributed by atoms with van der Waals surface area (Å²) < 4.78 is 10.7. The van der Waals surface area contributed by atoms with Crippen LogP contribution < -0.4 is 10.1 Å². The van der Waals surface area contributed by atoms with Crippen LogP contribution in [0.25, 0.3) is 0 Å². The minimum absolute atomic E-state index is 0.0479. The van der Waals surface area contributed by atoms with Crippen LogP contribution in [0.2, 0.25) is 0 Å². The van der Waals surface area contributed by atoms with Crippen molar-refractivity contribution in [3.05, 3.63) is 29.8 Å². The summed E-state index contributed by atoms with van der Waals surface area (Å²) in [6.07, 6.45) is -0.133. The SMILES string of the molecule is COc1ccc(C2OCC(C(=O)O)NC2C)cc1. The minimum Gasteiger partial charge on any atom is -0.497 e. The van der Waals surface area contributed by atoms with Crippen LogP contribution in [-0.4, -0.2) is 36.9 Å². The largest absolute Gasteiger partial charge is 0.497 e. The predicted molar refractivity (Wildman–Crippen MR) is 65.7 cm³/mol. The molecule has 98 valence electrons. The summed E-state index contributed by atoms with van der Waals surface area (Å²) in [7, 11) is 1.62. The van der Waals surface area contributed by atoms with Gasteiger partial charge in [0.15, 0.2) is 0 Å². The van der Waals surface area contributed by atoms with Crippen molar-refractivity contribution in [2.24, 2.45) is 0 Å². The summed E-state index contributed by atoms with van der Waals surface area (Å²) >= 11 is 0. The van der Waals surface area contributed by atoms with Gasteiger partial charge in [0.05, 0.1) is 19.8 Å². The van der Waals surface area contributed by atoms with Gasteiger partial charge in [-0.25, -0.2) is 0 Å². The average Bonchev–Trinajstić information content (AvgIpc) is 2.38. The highest BCUT2D eigenvalue weighted by atomic mass is 16.5. The molecule has 1 aromatic carbocycles. The van der Waals surface area contributed by atoms with E-state index in [0.717, 1.165) is 11.3 Å². The summed E-state index contributed by atoms with van der Waals surface area (Å²) in [4.78, 5) is 10.9. The number of nitrogens with one attached hydrogen (secondary N) is 1. The minimum atomic E-state index is -0.880. The topological polar surface area (TPSA) is 67.8 Å². The Hall–Kier alpha value is -1.59. The predicted octanol–water partition coefficient (Wildman–Crippen LogP) is 1.20. The van der Waals surface area contributed by atoms with Gasteiger partial charge in [-0.05, 0) is 24.6 Å². The van der Waals surface area contributed by atoms with E-state index in [9.17, 15) is 4.79 Å². The number of ether oxygens (including phenoxy) is 2. The molecule has 0 spiro atoms. The second-order valence-electron chi connectivity index (χ2n) is 4.37. The molecule has 0 amide bonds. The number of hydrogen-bond acceptors (Lipinski definition) is 4. The number of carboxylic acids is 1. The molecule has 2 N–H and O–H groups in total. The normalized spacial score (nSPS) is 27.8. The van der Waals surface area contributed by atoms with Gasteiger partial charge < -0.3 is 14.6 Å². The molecular formula is C13H17NO4. The fourth-order valence-electron chi connectivity index (χ4n) is 2.12. The molecule has 5 nitrogen and oxygen atoms in total. The van der Waals surface area contributed by atoms with Crippen LogP contribution in [0.15, 0.2) is 24.3 Å². The number of carbonyl (C=O) groups is 1. The van der Waals surface area contributed by atoms with Crippen LogP contribution in [-0.2, 0) is 9.53 Å². The molecule has 3 atom stereocenters. The smallest absolute Gasteiger partial charge is 0.323 e. The first-order valence-electron chi connectivity index (χ1n) is 5.86. The van der Waals surface area contributed by atoms with Gasteiger partial charge in [-0.1, -0.05) is 12.1 Å². The van der Waals surface area contributed by atoms with Crippen molar-refractivity contribution < 1.29 is 19.4 Å². The Bertz CT molecular complexity index is 418. The lowest BCUT2D eigenvalue weighted by Crippen LogP contribution is -2.52. The van der Waals surface area contributed by atoms with E-state index in [-0.39, 0.29) is 18.8 Å². The highest BCUT2D eigenvalue weighted by molar-refractivity contribution is 5.73. The molecule has 5 heteroatoms. The molecule has 1 saturated heterocycles.